The SMILES string of the molecule is COc1ccc(C([NH3+])C(=O)O)cc1OC. The summed E-state index contributed by atoms with van der Waals surface area (Å²) < 4.78 is 10.1. The van der Waals surface area contributed by atoms with Crippen molar-refractivity contribution in [2.45, 2.75) is 6.04 Å². The Morgan fingerprint density at radius 1 is 1.33 bits per heavy atom. The highest BCUT2D eigenvalue weighted by Crippen LogP contribution is 2.28. The molecule has 0 amide bonds. The molecule has 15 heavy (non-hydrogen) atoms. The van der Waals surface area contributed by atoms with Crippen LogP contribution >= 0.6 is 0 Å². The molecule has 0 saturated carbocycles. The Morgan fingerprint density at radius 2 is 1.93 bits per heavy atom. The lowest BCUT2D eigenvalue weighted by Gasteiger charge is -2.10. The molecule has 0 aliphatic rings. The predicted molar refractivity (Wildman–Crippen MR) is 52.8 cm³/mol. The van der Waals surface area contributed by atoms with Gasteiger partial charge in [0.05, 0.1) is 14.2 Å². The van der Waals surface area contributed by atoms with Gasteiger partial charge in [-0.3, -0.25) is 0 Å². The number of benzene rings is 1. The Kier molecular flexibility index (Phi) is 3.51. The second-order valence-corrected chi connectivity index (χ2v) is 3.01. The Labute approximate surface area is 87.4 Å². The minimum atomic E-state index is -0.970. The van der Waals surface area contributed by atoms with Gasteiger partial charge in [-0.15, -0.1) is 0 Å². The van der Waals surface area contributed by atoms with Crippen LogP contribution in [0.25, 0.3) is 0 Å². The Bertz CT molecular complexity index is 364. The number of hydrogen-bond acceptors (Lipinski definition) is 3. The van der Waals surface area contributed by atoms with Crippen molar-refractivity contribution in [1.82, 2.24) is 0 Å². The normalized spacial score (nSPS) is 11.9. The molecule has 82 valence electrons. The zero-order chi connectivity index (χ0) is 11.4. The van der Waals surface area contributed by atoms with Crippen molar-refractivity contribution < 1.29 is 25.1 Å². The average molecular weight is 212 g/mol. The molecule has 0 saturated heterocycles. The molecule has 5 nitrogen and oxygen atoms in total. The molecule has 1 rings (SSSR count). The summed E-state index contributed by atoms with van der Waals surface area (Å²) in [5.74, 6) is 0.103. The largest absolute Gasteiger partial charge is 0.493 e. The summed E-state index contributed by atoms with van der Waals surface area (Å²) in [5.41, 5.74) is 4.13. The molecule has 0 aliphatic heterocycles. The van der Waals surface area contributed by atoms with Crippen molar-refractivity contribution in [2.75, 3.05) is 14.2 Å². The van der Waals surface area contributed by atoms with Gasteiger partial charge in [-0.2, -0.15) is 0 Å². The Hall–Kier alpha value is -1.75. The minimum absolute atomic E-state index is 0.505. The molecular formula is C10H14NO4+. The molecule has 0 aliphatic carbocycles. The molecule has 0 heterocycles. The molecule has 0 bridgehead atoms. The summed E-state index contributed by atoms with van der Waals surface area (Å²) in [6.45, 7) is 0. The number of rotatable bonds is 4. The molecule has 0 radical (unpaired) electrons. The first-order valence-corrected chi connectivity index (χ1v) is 4.38. The highest BCUT2D eigenvalue weighted by atomic mass is 16.5. The van der Waals surface area contributed by atoms with Crippen LogP contribution in [0.4, 0.5) is 0 Å². The number of carbonyl (C=O) groups is 1. The molecule has 1 unspecified atom stereocenters. The van der Waals surface area contributed by atoms with Crippen molar-refractivity contribution in [3.8, 4) is 11.5 Å². The lowest BCUT2D eigenvalue weighted by molar-refractivity contribution is -0.413. The average Bonchev–Trinajstić information content (AvgIpc) is 2.26. The third-order valence-electron chi connectivity index (χ3n) is 2.11. The smallest absolute Gasteiger partial charge is 0.367 e. The first-order valence-electron chi connectivity index (χ1n) is 4.38. The minimum Gasteiger partial charge on any atom is -0.493 e. The number of carboxylic acids is 1. The van der Waals surface area contributed by atoms with Crippen molar-refractivity contribution in [3.63, 3.8) is 0 Å². The molecule has 1 aromatic rings. The van der Waals surface area contributed by atoms with Gasteiger partial charge in [0, 0.05) is 5.56 Å². The predicted octanol–water partition coefficient (Wildman–Crippen LogP) is 0.0714. The van der Waals surface area contributed by atoms with E-state index in [1.807, 2.05) is 0 Å². The van der Waals surface area contributed by atoms with Gasteiger partial charge in [-0.25, -0.2) is 4.79 Å². The van der Waals surface area contributed by atoms with Crippen molar-refractivity contribution >= 4 is 5.97 Å². The zero-order valence-corrected chi connectivity index (χ0v) is 8.69. The molecule has 0 spiro atoms. The fourth-order valence-corrected chi connectivity index (χ4v) is 1.21. The van der Waals surface area contributed by atoms with E-state index in [4.69, 9.17) is 14.6 Å². The number of ether oxygens (including phenoxy) is 2. The highest BCUT2D eigenvalue weighted by Gasteiger charge is 2.19. The first kappa shape index (κ1) is 11.3. The van der Waals surface area contributed by atoms with Crippen molar-refractivity contribution in [3.05, 3.63) is 23.8 Å². The number of carboxylic acid groups (broad SMARTS) is 1. The van der Waals surface area contributed by atoms with E-state index in [-0.39, 0.29) is 0 Å². The first-order chi connectivity index (χ1) is 7.10. The summed E-state index contributed by atoms with van der Waals surface area (Å²) in [4.78, 5) is 10.7. The maximum Gasteiger partial charge on any atom is 0.367 e. The van der Waals surface area contributed by atoms with E-state index in [0.29, 0.717) is 17.1 Å². The Morgan fingerprint density at radius 3 is 2.40 bits per heavy atom. The van der Waals surface area contributed by atoms with Crippen LogP contribution in [0.3, 0.4) is 0 Å². The maximum atomic E-state index is 10.7. The van der Waals surface area contributed by atoms with E-state index in [1.165, 1.54) is 14.2 Å². The van der Waals surface area contributed by atoms with Crippen LogP contribution in [-0.2, 0) is 4.79 Å². The van der Waals surface area contributed by atoms with Crippen LogP contribution in [0.5, 0.6) is 11.5 Å². The van der Waals surface area contributed by atoms with E-state index in [2.05, 4.69) is 5.73 Å². The number of quaternary nitrogens is 1. The summed E-state index contributed by atoms with van der Waals surface area (Å²) in [6, 6.07) is 4.14. The van der Waals surface area contributed by atoms with Gasteiger partial charge in [0.25, 0.3) is 0 Å². The van der Waals surface area contributed by atoms with Gasteiger partial charge in [-0.1, -0.05) is 0 Å². The molecule has 1 atom stereocenters. The molecule has 0 aromatic heterocycles. The summed E-state index contributed by atoms with van der Waals surface area (Å²) in [7, 11) is 3.02. The van der Waals surface area contributed by atoms with E-state index >= 15 is 0 Å². The van der Waals surface area contributed by atoms with Gasteiger partial charge in [-0.05, 0) is 18.2 Å². The van der Waals surface area contributed by atoms with Crippen LogP contribution in [0.2, 0.25) is 0 Å². The third-order valence-corrected chi connectivity index (χ3v) is 2.11. The quantitative estimate of drug-likeness (QED) is 0.739. The number of methoxy groups -OCH3 is 2. The van der Waals surface area contributed by atoms with Gasteiger partial charge in [0.15, 0.2) is 11.5 Å². The lowest BCUT2D eigenvalue weighted by Crippen LogP contribution is -2.57. The fourth-order valence-electron chi connectivity index (χ4n) is 1.21. The molecule has 5 heteroatoms. The van der Waals surface area contributed by atoms with Gasteiger partial charge in [0.1, 0.15) is 0 Å². The van der Waals surface area contributed by atoms with Crippen LogP contribution in [0.1, 0.15) is 11.6 Å². The molecule has 0 fully saturated rings. The van der Waals surface area contributed by atoms with E-state index in [0.717, 1.165) is 0 Å². The van der Waals surface area contributed by atoms with Crippen molar-refractivity contribution in [1.29, 1.82) is 0 Å². The van der Waals surface area contributed by atoms with E-state index < -0.39 is 12.0 Å². The fraction of sp³-hybridized carbons (Fsp3) is 0.300. The van der Waals surface area contributed by atoms with Crippen LogP contribution in [0, 0.1) is 0 Å². The second-order valence-electron chi connectivity index (χ2n) is 3.01. The van der Waals surface area contributed by atoms with Crippen molar-refractivity contribution in [2.24, 2.45) is 0 Å². The summed E-state index contributed by atoms with van der Waals surface area (Å²) in [6.07, 6.45) is 0. The van der Waals surface area contributed by atoms with Crippen LogP contribution in [0.15, 0.2) is 18.2 Å². The van der Waals surface area contributed by atoms with Gasteiger partial charge in [0.2, 0.25) is 6.04 Å². The highest BCUT2D eigenvalue weighted by molar-refractivity contribution is 5.74. The molecule has 4 N–H and O–H groups in total. The van der Waals surface area contributed by atoms with Gasteiger partial charge >= 0.3 is 5.97 Å². The van der Waals surface area contributed by atoms with Crippen LogP contribution in [-0.4, -0.2) is 25.3 Å². The maximum absolute atomic E-state index is 10.7. The number of hydrogen-bond donors (Lipinski definition) is 2. The monoisotopic (exact) mass is 212 g/mol. The Balaban J connectivity index is 3.07. The summed E-state index contributed by atoms with van der Waals surface area (Å²) >= 11 is 0. The zero-order valence-electron chi connectivity index (χ0n) is 8.69. The molecule has 1 aromatic carbocycles. The number of aliphatic carboxylic acids is 1. The van der Waals surface area contributed by atoms with Crippen LogP contribution < -0.4 is 15.2 Å². The topological polar surface area (TPSA) is 83.4 Å². The third kappa shape index (κ3) is 2.38. The standard InChI is InChI=1S/C10H13NO4/c1-14-7-4-3-6(5-8(7)15-2)9(11)10(12)13/h3-5,9H,11H2,1-2H3,(H,12,13)/p+1. The van der Waals surface area contributed by atoms with E-state index in [9.17, 15) is 4.79 Å². The lowest BCUT2D eigenvalue weighted by atomic mass is 10.1. The summed E-state index contributed by atoms with van der Waals surface area (Å²) in [5, 5.41) is 8.79. The van der Waals surface area contributed by atoms with E-state index in [1.54, 1.807) is 18.2 Å². The van der Waals surface area contributed by atoms with Gasteiger partial charge < -0.3 is 20.3 Å². The molecular weight excluding hydrogens is 198 g/mol. The second kappa shape index (κ2) is 4.65.